The van der Waals surface area contributed by atoms with Crippen molar-refractivity contribution in [2.24, 2.45) is 5.92 Å². The number of H-pyrrole nitrogens is 1. The van der Waals surface area contributed by atoms with Crippen LogP contribution >= 0.6 is 0 Å². The summed E-state index contributed by atoms with van der Waals surface area (Å²) in [6, 6.07) is 14.1. The first-order chi connectivity index (χ1) is 11.7. The maximum atomic E-state index is 12.1. The summed E-state index contributed by atoms with van der Waals surface area (Å²) in [7, 11) is 0. The van der Waals surface area contributed by atoms with E-state index in [2.05, 4.69) is 39.5 Å². The minimum Gasteiger partial charge on any atom is -0.356 e. The van der Waals surface area contributed by atoms with E-state index in [-0.39, 0.29) is 5.91 Å². The van der Waals surface area contributed by atoms with Crippen LogP contribution < -0.4 is 5.32 Å². The minimum atomic E-state index is -0.140. The zero-order chi connectivity index (χ0) is 16.8. The van der Waals surface area contributed by atoms with Crippen LogP contribution in [0.5, 0.6) is 0 Å². The summed E-state index contributed by atoms with van der Waals surface area (Å²) in [6.07, 6.45) is 3.73. The van der Waals surface area contributed by atoms with E-state index in [0.29, 0.717) is 23.7 Å². The second-order valence-electron chi connectivity index (χ2n) is 6.31. The zero-order valence-corrected chi connectivity index (χ0v) is 13.7. The number of benzene rings is 1. The minimum absolute atomic E-state index is 0.140. The van der Waals surface area contributed by atoms with Crippen molar-refractivity contribution in [3.63, 3.8) is 0 Å². The average molecular weight is 322 g/mol. The molecule has 1 aromatic carbocycles. The van der Waals surface area contributed by atoms with Gasteiger partial charge in [-0.2, -0.15) is 5.26 Å². The lowest BCUT2D eigenvalue weighted by atomic mass is 10.1. The first-order valence-electron chi connectivity index (χ1n) is 8.37. The van der Waals surface area contributed by atoms with E-state index in [1.807, 2.05) is 12.1 Å². The zero-order valence-electron chi connectivity index (χ0n) is 13.7. The van der Waals surface area contributed by atoms with E-state index >= 15 is 0 Å². The number of carbonyl (C=O) groups is 1. The quantitative estimate of drug-likeness (QED) is 0.856. The molecule has 0 radical (unpaired) electrons. The molecule has 1 aliphatic heterocycles. The Kier molecular flexibility index (Phi) is 5.29. The summed E-state index contributed by atoms with van der Waals surface area (Å²) in [5.74, 6) is 0.356. The monoisotopic (exact) mass is 322 g/mol. The van der Waals surface area contributed by atoms with Gasteiger partial charge in [0.15, 0.2) is 0 Å². The van der Waals surface area contributed by atoms with E-state index in [9.17, 15) is 4.79 Å². The molecule has 2 N–H and O–H groups in total. The van der Waals surface area contributed by atoms with Crippen LogP contribution in [0.15, 0.2) is 42.6 Å². The highest BCUT2D eigenvalue weighted by Crippen LogP contribution is 2.16. The van der Waals surface area contributed by atoms with Gasteiger partial charge in [-0.3, -0.25) is 4.79 Å². The number of hydrogen-bond donors (Lipinski definition) is 2. The Morgan fingerprint density at radius 1 is 1.38 bits per heavy atom. The first-order valence-corrected chi connectivity index (χ1v) is 8.37. The number of carbonyl (C=O) groups excluding carboxylic acids is 1. The van der Waals surface area contributed by atoms with Gasteiger partial charge in [-0.25, -0.2) is 0 Å². The van der Waals surface area contributed by atoms with Crippen LogP contribution in [0.1, 0.15) is 28.0 Å². The molecule has 1 aliphatic rings. The number of aromatic nitrogens is 1. The van der Waals surface area contributed by atoms with Crippen LogP contribution in [-0.4, -0.2) is 42.0 Å². The van der Waals surface area contributed by atoms with Gasteiger partial charge in [-0.15, -0.1) is 0 Å². The average Bonchev–Trinajstić information content (AvgIpc) is 3.28. The Morgan fingerprint density at radius 2 is 2.21 bits per heavy atom. The molecule has 0 bridgehead atoms. The second-order valence-corrected chi connectivity index (χ2v) is 6.31. The van der Waals surface area contributed by atoms with Gasteiger partial charge in [0.1, 0.15) is 11.8 Å². The highest BCUT2D eigenvalue weighted by atomic mass is 16.1. The van der Waals surface area contributed by atoms with Crippen molar-refractivity contribution in [3.8, 4) is 6.07 Å². The summed E-state index contributed by atoms with van der Waals surface area (Å²) in [4.78, 5) is 17.4. The molecule has 0 spiro atoms. The number of hydrogen-bond acceptors (Lipinski definition) is 3. The topological polar surface area (TPSA) is 71.9 Å². The van der Waals surface area contributed by atoms with Crippen molar-refractivity contribution in [1.29, 1.82) is 5.26 Å². The third-order valence-corrected chi connectivity index (χ3v) is 4.54. The molecule has 124 valence electrons. The van der Waals surface area contributed by atoms with E-state index in [1.54, 1.807) is 12.3 Å². The molecule has 1 fully saturated rings. The summed E-state index contributed by atoms with van der Waals surface area (Å²) < 4.78 is 0. The lowest BCUT2D eigenvalue weighted by Crippen LogP contribution is -2.31. The second kappa shape index (κ2) is 7.80. The Morgan fingerprint density at radius 3 is 2.96 bits per heavy atom. The predicted molar refractivity (Wildman–Crippen MR) is 92.5 cm³/mol. The normalized spacial score (nSPS) is 17.5. The fraction of sp³-hybridized carbons (Fsp3) is 0.368. The fourth-order valence-electron chi connectivity index (χ4n) is 3.14. The van der Waals surface area contributed by atoms with Gasteiger partial charge in [0.25, 0.3) is 5.91 Å². The van der Waals surface area contributed by atoms with Gasteiger partial charge in [-0.05, 0) is 36.9 Å². The molecule has 2 aromatic rings. The summed E-state index contributed by atoms with van der Waals surface area (Å²) in [5, 5.41) is 11.8. The molecule has 24 heavy (non-hydrogen) atoms. The highest BCUT2D eigenvalue weighted by molar-refractivity contribution is 5.92. The number of rotatable bonds is 6. The number of aromatic amines is 1. The van der Waals surface area contributed by atoms with E-state index in [4.69, 9.17) is 5.26 Å². The molecule has 1 aromatic heterocycles. The number of nitrogens with zero attached hydrogens (tertiary/aromatic N) is 2. The predicted octanol–water partition coefficient (Wildman–Crippen LogP) is 2.18. The molecule has 5 heteroatoms. The third kappa shape index (κ3) is 4.24. The summed E-state index contributed by atoms with van der Waals surface area (Å²) >= 11 is 0. The molecule has 0 aliphatic carbocycles. The van der Waals surface area contributed by atoms with Crippen molar-refractivity contribution in [2.45, 2.75) is 12.8 Å². The number of nitriles is 1. The molecule has 0 saturated carbocycles. The summed E-state index contributed by atoms with van der Waals surface area (Å²) in [6.45, 7) is 3.87. The molecule has 5 nitrogen and oxygen atoms in total. The lowest BCUT2D eigenvalue weighted by molar-refractivity contribution is 0.0943. The molecule has 1 atom stereocenters. The van der Waals surface area contributed by atoms with E-state index in [0.717, 1.165) is 32.5 Å². The maximum absolute atomic E-state index is 12.1. The molecule has 1 unspecified atom stereocenters. The van der Waals surface area contributed by atoms with Crippen LogP contribution in [0.2, 0.25) is 0 Å². The Hall–Kier alpha value is -2.58. The number of nitrogens with one attached hydrogen (secondary N) is 2. The van der Waals surface area contributed by atoms with Crippen LogP contribution in [0.4, 0.5) is 0 Å². The Bertz CT molecular complexity index is 716. The molecule has 3 rings (SSSR count). The molecular formula is C19H22N4O. The molecule has 1 saturated heterocycles. The lowest BCUT2D eigenvalue weighted by Gasteiger charge is -2.16. The van der Waals surface area contributed by atoms with Crippen LogP contribution in [0.3, 0.4) is 0 Å². The first kappa shape index (κ1) is 16.3. The number of amides is 1. The van der Waals surface area contributed by atoms with E-state index in [1.165, 1.54) is 5.56 Å². The van der Waals surface area contributed by atoms with Crippen molar-refractivity contribution >= 4 is 5.91 Å². The molecule has 2 heterocycles. The van der Waals surface area contributed by atoms with Crippen LogP contribution in [0.25, 0.3) is 0 Å². The van der Waals surface area contributed by atoms with Gasteiger partial charge in [0, 0.05) is 25.8 Å². The van der Waals surface area contributed by atoms with Gasteiger partial charge < -0.3 is 15.2 Å². The standard InChI is InChI=1S/C19H22N4O/c20-11-17-10-18(21-13-17)19(24)22-12-16-7-9-23(14-16)8-6-15-4-2-1-3-5-15/h1-5,10,13,16,21H,6-9,12,14H2,(H,22,24). The van der Waals surface area contributed by atoms with Crippen molar-refractivity contribution in [3.05, 3.63) is 59.4 Å². The van der Waals surface area contributed by atoms with Gasteiger partial charge in [-0.1, -0.05) is 30.3 Å². The molecule has 1 amide bonds. The Labute approximate surface area is 142 Å². The van der Waals surface area contributed by atoms with Crippen molar-refractivity contribution in [2.75, 3.05) is 26.2 Å². The van der Waals surface area contributed by atoms with Crippen molar-refractivity contribution in [1.82, 2.24) is 15.2 Å². The third-order valence-electron chi connectivity index (χ3n) is 4.54. The smallest absolute Gasteiger partial charge is 0.267 e. The van der Waals surface area contributed by atoms with Crippen molar-refractivity contribution < 1.29 is 4.79 Å². The van der Waals surface area contributed by atoms with E-state index < -0.39 is 0 Å². The SMILES string of the molecule is N#Cc1c[nH]c(C(=O)NCC2CCN(CCc3ccccc3)C2)c1. The van der Waals surface area contributed by atoms with Gasteiger partial charge in [0.05, 0.1) is 5.56 Å². The van der Waals surface area contributed by atoms with Gasteiger partial charge in [0.2, 0.25) is 0 Å². The van der Waals surface area contributed by atoms with Crippen LogP contribution in [-0.2, 0) is 6.42 Å². The fourth-order valence-corrected chi connectivity index (χ4v) is 3.14. The number of likely N-dealkylation sites (tertiary alicyclic amines) is 1. The van der Waals surface area contributed by atoms with Crippen LogP contribution in [0, 0.1) is 17.2 Å². The maximum Gasteiger partial charge on any atom is 0.267 e. The molecular weight excluding hydrogens is 300 g/mol. The summed E-state index contributed by atoms with van der Waals surface area (Å²) in [5.41, 5.74) is 2.30. The largest absolute Gasteiger partial charge is 0.356 e. The Balaban J connectivity index is 1.40. The van der Waals surface area contributed by atoms with Gasteiger partial charge >= 0.3 is 0 Å². The highest BCUT2D eigenvalue weighted by Gasteiger charge is 2.22.